The summed E-state index contributed by atoms with van der Waals surface area (Å²) in [5.41, 5.74) is 1.79. The molecule has 2 aromatic heterocycles. The normalized spacial score (nSPS) is 15.0. The van der Waals surface area contributed by atoms with Crippen LogP contribution in [0.1, 0.15) is 5.69 Å². The first-order chi connectivity index (χ1) is 12.7. The molecular weight excluding hydrogens is 350 g/mol. The number of hydrogen-bond donors (Lipinski definition) is 3. The van der Waals surface area contributed by atoms with Gasteiger partial charge in [0.2, 0.25) is 0 Å². The van der Waals surface area contributed by atoms with Crippen LogP contribution in [0.15, 0.2) is 57.8 Å². The molecule has 7 nitrogen and oxygen atoms in total. The number of nitrogens with zero attached hydrogens (tertiary/aromatic N) is 3. The van der Waals surface area contributed by atoms with E-state index in [9.17, 15) is 0 Å². The lowest BCUT2D eigenvalue weighted by Crippen LogP contribution is -1.99. The van der Waals surface area contributed by atoms with Gasteiger partial charge in [-0.3, -0.25) is 5.10 Å². The number of thiol groups is 1. The predicted molar refractivity (Wildman–Crippen MR) is 104 cm³/mol. The highest BCUT2D eigenvalue weighted by atomic mass is 32.2. The number of anilines is 2. The van der Waals surface area contributed by atoms with Crippen molar-refractivity contribution < 1.29 is 9.47 Å². The Morgan fingerprint density at radius 1 is 1.04 bits per heavy atom. The fraction of sp³-hybridized carbons (Fsp3) is 0.167. The van der Waals surface area contributed by atoms with E-state index in [2.05, 4.69) is 15.5 Å². The monoisotopic (exact) mass is 369 g/mol. The van der Waals surface area contributed by atoms with Crippen molar-refractivity contribution in [2.75, 3.05) is 19.5 Å². The Labute approximate surface area is 153 Å². The second kappa shape index (κ2) is 6.72. The summed E-state index contributed by atoms with van der Waals surface area (Å²) in [6, 6.07) is 9.86. The van der Waals surface area contributed by atoms with Gasteiger partial charge in [0.05, 0.1) is 25.4 Å². The van der Waals surface area contributed by atoms with Gasteiger partial charge in [-0.2, -0.15) is 5.10 Å². The second-order valence-electron chi connectivity index (χ2n) is 5.74. The third kappa shape index (κ3) is 2.99. The zero-order chi connectivity index (χ0) is 18.1. The lowest BCUT2D eigenvalue weighted by molar-refractivity contribution is 0.223. The Kier molecular flexibility index (Phi) is 4.26. The SMILES string of the molecule is COC1=C[SH](c2nc(Nc3cc(C)n[nH]3)c3ccccc3n2)C=C1OC. The quantitative estimate of drug-likeness (QED) is 0.469. The fourth-order valence-corrected chi connectivity index (χ4v) is 4.44. The van der Waals surface area contributed by atoms with Crippen LogP contribution in [0.4, 0.5) is 11.6 Å². The van der Waals surface area contributed by atoms with E-state index in [-0.39, 0.29) is 0 Å². The smallest absolute Gasteiger partial charge is 0.177 e. The molecule has 134 valence electrons. The summed E-state index contributed by atoms with van der Waals surface area (Å²) >= 11 is 0. The summed E-state index contributed by atoms with van der Waals surface area (Å²) in [6.45, 7) is 1.93. The molecule has 1 aliphatic rings. The summed E-state index contributed by atoms with van der Waals surface area (Å²) in [5, 5.41) is 16.2. The standard InChI is InChI=1S/C18H19N5O2S/c1-11-8-16(23-22-11)20-17-12-6-4-5-7-13(12)19-18(21-17)26-9-14(24-2)15(10-26)25-3/h4-10,26H,1-3H3,(H2,19,20,21,22,23). The number of H-pyrrole nitrogens is 1. The lowest BCUT2D eigenvalue weighted by Gasteiger charge is -2.13. The van der Waals surface area contributed by atoms with Gasteiger partial charge in [-0.1, -0.05) is 12.1 Å². The van der Waals surface area contributed by atoms with E-state index in [1.54, 1.807) is 14.2 Å². The number of aromatic nitrogens is 4. The molecule has 3 aromatic rings. The molecule has 0 fully saturated rings. The van der Waals surface area contributed by atoms with Crippen molar-refractivity contribution in [2.45, 2.75) is 12.1 Å². The van der Waals surface area contributed by atoms with Crippen LogP contribution in [0.5, 0.6) is 0 Å². The molecule has 0 radical (unpaired) electrons. The molecule has 0 spiro atoms. The molecule has 0 aliphatic carbocycles. The number of para-hydroxylation sites is 1. The number of ether oxygens (including phenoxy) is 2. The molecule has 3 heterocycles. The molecule has 0 amide bonds. The molecule has 0 saturated carbocycles. The van der Waals surface area contributed by atoms with E-state index in [0.717, 1.165) is 33.4 Å². The number of fused-ring (bicyclic) bond motifs is 1. The maximum Gasteiger partial charge on any atom is 0.177 e. The van der Waals surface area contributed by atoms with Crippen LogP contribution in [0.3, 0.4) is 0 Å². The van der Waals surface area contributed by atoms with Gasteiger partial charge >= 0.3 is 0 Å². The highest BCUT2D eigenvalue weighted by molar-refractivity contribution is 8.22. The highest BCUT2D eigenvalue weighted by Crippen LogP contribution is 2.46. The minimum atomic E-state index is -0.851. The Balaban J connectivity index is 1.79. The fourth-order valence-electron chi connectivity index (χ4n) is 2.73. The van der Waals surface area contributed by atoms with E-state index in [4.69, 9.17) is 19.4 Å². The zero-order valence-electron chi connectivity index (χ0n) is 14.6. The molecule has 4 rings (SSSR count). The van der Waals surface area contributed by atoms with Crippen LogP contribution in [-0.4, -0.2) is 34.4 Å². The van der Waals surface area contributed by atoms with Crippen molar-refractivity contribution in [2.24, 2.45) is 0 Å². The molecule has 26 heavy (non-hydrogen) atoms. The topological polar surface area (TPSA) is 85.0 Å². The molecule has 1 aromatic carbocycles. The zero-order valence-corrected chi connectivity index (χ0v) is 15.5. The van der Waals surface area contributed by atoms with Crippen molar-refractivity contribution in [1.29, 1.82) is 0 Å². The maximum absolute atomic E-state index is 5.38. The average molecular weight is 369 g/mol. The largest absolute Gasteiger partial charge is 0.492 e. The molecule has 0 bridgehead atoms. The van der Waals surface area contributed by atoms with E-state index in [0.29, 0.717) is 11.5 Å². The Morgan fingerprint density at radius 2 is 1.77 bits per heavy atom. The summed E-state index contributed by atoms with van der Waals surface area (Å²) in [4.78, 5) is 9.54. The van der Waals surface area contributed by atoms with Gasteiger partial charge in [0.25, 0.3) is 0 Å². The van der Waals surface area contributed by atoms with Gasteiger partial charge in [-0.25, -0.2) is 9.97 Å². The van der Waals surface area contributed by atoms with Crippen molar-refractivity contribution in [3.8, 4) is 0 Å². The van der Waals surface area contributed by atoms with E-state index < -0.39 is 10.9 Å². The third-order valence-electron chi connectivity index (χ3n) is 3.98. The van der Waals surface area contributed by atoms with Gasteiger partial charge in [0, 0.05) is 22.3 Å². The number of benzene rings is 1. The van der Waals surface area contributed by atoms with Gasteiger partial charge in [0.15, 0.2) is 16.7 Å². The first-order valence-electron chi connectivity index (χ1n) is 8.04. The van der Waals surface area contributed by atoms with Crippen molar-refractivity contribution in [1.82, 2.24) is 20.2 Å². The second-order valence-corrected chi connectivity index (χ2v) is 7.47. The number of nitrogens with one attached hydrogen (secondary N) is 2. The van der Waals surface area contributed by atoms with Crippen LogP contribution in [0, 0.1) is 6.92 Å². The van der Waals surface area contributed by atoms with Gasteiger partial charge in [-0.15, -0.1) is 10.9 Å². The minimum absolute atomic E-state index is 0.717. The van der Waals surface area contributed by atoms with E-state index in [1.165, 1.54) is 0 Å². The van der Waals surface area contributed by atoms with Crippen molar-refractivity contribution in [3.63, 3.8) is 0 Å². The van der Waals surface area contributed by atoms with Crippen LogP contribution in [0.25, 0.3) is 10.9 Å². The lowest BCUT2D eigenvalue weighted by atomic mass is 10.2. The number of rotatable bonds is 5. The molecule has 0 saturated heterocycles. The average Bonchev–Trinajstić information content (AvgIpc) is 3.27. The number of aromatic amines is 1. The van der Waals surface area contributed by atoms with Crippen LogP contribution < -0.4 is 5.32 Å². The molecule has 8 heteroatoms. The number of methoxy groups -OCH3 is 2. The van der Waals surface area contributed by atoms with Crippen LogP contribution >= 0.6 is 10.9 Å². The summed E-state index contributed by atoms with van der Waals surface area (Å²) < 4.78 is 10.8. The van der Waals surface area contributed by atoms with E-state index >= 15 is 0 Å². The highest BCUT2D eigenvalue weighted by Gasteiger charge is 2.21. The maximum atomic E-state index is 5.38. The first kappa shape index (κ1) is 16.5. The summed E-state index contributed by atoms with van der Waals surface area (Å²) in [7, 11) is 2.41. The van der Waals surface area contributed by atoms with Gasteiger partial charge < -0.3 is 14.8 Å². The molecular formula is C18H19N5O2S. The predicted octanol–water partition coefficient (Wildman–Crippen LogP) is 3.75. The first-order valence-corrected chi connectivity index (χ1v) is 9.52. The number of aryl methyl sites for hydroxylation is 1. The molecule has 2 N–H and O–H groups in total. The molecule has 1 aliphatic heterocycles. The third-order valence-corrected chi connectivity index (χ3v) is 5.66. The number of hydrogen-bond acceptors (Lipinski definition) is 6. The van der Waals surface area contributed by atoms with Gasteiger partial charge in [-0.05, 0) is 19.1 Å². The Morgan fingerprint density at radius 3 is 2.42 bits per heavy atom. The molecule has 0 unspecified atom stereocenters. The minimum Gasteiger partial charge on any atom is -0.492 e. The van der Waals surface area contributed by atoms with E-state index in [1.807, 2.05) is 48.1 Å². The Hall–Kier alpha value is -3.00. The summed E-state index contributed by atoms with van der Waals surface area (Å²) in [5.74, 6) is 2.96. The molecule has 0 atom stereocenters. The summed E-state index contributed by atoms with van der Waals surface area (Å²) in [6.07, 6.45) is 0. The van der Waals surface area contributed by atoms with Crippen LogP contribution in [-0.2, 0) is 9.47 Å². The van der Waals surface area contributed by atoms with Crippen molar-refractivity contribution in [3.05, 3.63) is 58.4 Å². The van der Waals surface area contributed by atoms with Crippen molar-refractivity contribution >= 4 is 33.4 Å². The van der Waals surface area contributed by atoms with Crippen LogP contribution in [0.2, 0.25) is 0 Å². The van der Waals surface area contributed by atoms with Gasteiger partial charge in [0.1, 0.15) is 11.6 Å². The Bertz CT molecular complexity index is 1010.